The van der Waals surface area contributed by atoms with Gasteiger partial charge in [0, 0.05) is 5.41 Å². The number of carboxylic acid groups (broad SMARTS) is 2. The van der Waals surface area contributed by atoms with Crippen molar-refractivity contribution in [3.05, 3.63) is 12.2 Å². The lowest BCUT2D eigenvalue weighted by molar-refractivity contribution is -0.245. The second-order valence-corrected chi connectivity index (χ2v) is 17.8. The van der Waals surface area contributed by atoms with E-state index in [2.05, 4.69) is 48.1 Å². The van der Waals surface area contributed by atoms with Gasteiger partial charge in [0.2, 0.25) is 0 Å². The van der Waals surface area contributed by atoms with Crippen LogP contribution in [-0.4, -0.2) is 34.2 Å². The smallest absolute Gasteiger partial charge is 0.309 e. The highest BCUT2D eigenvalue weighted by atomic mass is 16.5. The number of rotatable bonds is 5. The van der Waals surface area contributed by atoms with Gasteiger partial charge in [-0.1, -0.05) is 53.2 Å². The van der Waals surface area contributed by atoms with Crippen LogP contribution in [0.15, 0.2) is 12.2 Å². The topological polar surface area (TPSA) is 101 Å². The molecule has 6 heteroatoms. The zero-order valence-electron chi connectivity index (χ0n) is 28.2. The van der Waals surface area contributed by atoms with Gasteiger partial charge in [0.15, 0.2) is 0 Å². The summed E-state index contributed by atoms with van der Waals surface area (Å²) in [4.78, 5) is 37.4. The fraction of sp³-hybridized carbons (Fsp3) is 0.868. The van der Waals surface area contributed by atoms with E-state index in [-0.39, 0.29) is 51.5 Å². The van der Waals surface area contributed by atoms with Crippen LogP contribution >= 0.6 is 0 Å². The molecule has 6 saturated carbocycles. The van der Waals surface area contributed by atoms with Gasteiger partial charge in [0.05, 0.1) is 17.8 Å². The van der Waals surface area contributed by atoms with Gasteiger partial charge >= 0.3 is 17.9 Å². The molecule has 0 aliphatic heterocycles. The van der Waals surface area contributed by atoms with Gasteiger partial charge in [-0.2, -0.15) is 0 Å². The molecule has 6 aliphatic rings. The largest absolute Gasteiger partial charge is 0.481 e. The van der Waals surface area contributed by atoms with Gasteiger partial charge in [-0.25, -0.2) is 0 Å². The van der Waals surface area contributed by atoms with E-state index in [0.29, 0.717) is 42.4 Å². The van der Waals surface area contributed by atoms with Gasteiger partial charge in [-0.15, -0.1) is 0 Å². The van der Waals surface area contributed by atoms with Crippen molar-refractivity contribution >= 4 is 17.9 Å². The van der Waals surface area contributed by atoms with Crippen molar-refractivity contribution in [2.45, 2.75) is 131 Å². The van der Waals surface area contributed by atoms with E-state index < -0.39 is 17.9 Å². The number of hydrogen-bond donors (Lipinski definition) is 2. The molecule has 6 aliphatic carbocycles. The number of allylic oxidation sites excluding steroid dienone is 1. The molecule has 6 fully saturated rings. The number of hydrogen-bond acceptors (Lipinski definition) is 4. The van der Waals surface area contributed by atoms with Crippen molar-refractivity contribution in [2.75, 3.05) is 0 Å². The number of ether oxygens (including phenoxy) is 1. The Balaban J connectivity index is 1.23. The van der Waals surface area contributed by atoms with E-state index in [1.807, 2.05) is 0 Å². The summed E-state index contributed by atoms with van der Waals surface area (Å²) in [6.45, 7) is 18.9. The summed E-state index contributed by atoms with van der Waals surface area (Å²) in [5.74, 6) is 0.0938. The van der Waals surface area contributed by atoms with Crippen molar-refractivity contribution in [1.29, 1.82) is 0 Å². The molecule has 44 heavy (non-hydrogen) atoms. The SMILES string of the molecule is C=C(C)[C@@H]1C[C@@H](C(=O)O)C2CC[C@]3(C)[C@H](CC[C@@H]4[C@@]5(C)CC[C@H](OC(=O)[C@H]6CCC[C@H](C(=O)O)C6)C(C)(C)[C@@H]5CC[C@]43C)[C@H]21. The van der Waals surface area contributed by atoms with Crippen LogP contribution in [0.3, 0.4) is 0 Å². The van der Waals surface area contributed by atoms with Crippen LogP contribution in [0.4, 0.5) is 0 Å². The molecule has 13 atom stereocenters. The van der Waals surface area contributed by atoms with Crippen LogP contribution in [0.1, 0.15) is 125 Å². The third-order valence-electron chi connectivity index (χ3n) is 15.9. The average Bonchev–Trinajstić information content (AvgIpc) is 3.35. The lowest BCUT2D eigenvalue weighted by Gasteiger charge is -2.72. The molecule has 0 heterocycles. The second-order valence-electron chi connectivity index (χ2n) is 17.8. The fourth-order valence-electron chi connectivity index (χ4n) is 13.5. The second kappa shape index (κ2) is 10.9. The molecule has 0 saturated heterocycles. The van der Waals surface area contributed by atoms with Crippen LogP contribution in [0.2, 0.25) is 0 Å². The summed E-state index contributed by atoms with van der Waals surface area (Å²) in [5.41, 5.74) is 1.57. The molecule has 0 amide bonds. The summed E-state index contributed by atoms with van der Waals surface area (Å²) in [5, 5.41) is 19.7. The number of carboxylic acids is 2. The van der Waals surface area contributed by atoms with Crippen molar-refractivity contribution in [1.82, 2.24) is 0 Å². The first-order valence-electron chi connectivity index (χ1n) is 17.9. The highest BCUT2D eigenvalue weighted by Gasteiger charge is 2.70. The quantitative estimate of drug-likeness (QED) is 0.240. The zero-order chi connectivity index (χ0) is 32.0. The molecular weight excluding hydrogens is 552 g/mol. The summed E-state index contributed by atoms with van der Waals surface area (Å²) in [7, 11) is 0. The van der Waals surface area contributed by atoms with Crippen LogP contribution < -0.4 is 0 Å². The standard InChI is InChI=1S/C38H58O6/c1-21(2)25-20-26(33(41)42)24-13-17-37(6)27(31(24)25)11-12-29-36(5)16-15-30(35(3,4)28(36)14-18-38(29,37)7)44-34(43)23-10-8-9-22(19-23)32(39)40/h22-31H,1,8-20H2,2-7H3,(H,39,40)(H,41,42)/t22-,23-,24?,25-,26+,27+,28-,29+,30-,31+,36-,37+,38+/m0/s1. The van der Waals surface area contributed by atoms with Crippen molar-refractivity contribution in [3.63, 3.8) is 0 Å². The molecule has 0 spiro atoms. The fourth-order valence-corrected chi connectivity index (χ4v) is 13.5. The number of carbonyl (C=O) groups is 3. The lowest BCUT2D eigenvalue weighted by Crippen LogP contribution is -2.66. The molecule has 0 aromatic rings. The van der Waals surface area contributed by atoms with Crippen LogP contribution in [0.25, 0.3) is 0 Å². The third kappa shape index (κ3) is 4.56. The third-order valence-corrected chi connectivity index (χ3v) is 15.9. The molecule has 0 bridgehead atoms. The molecule has 246 valence electrons. The number of esters is 1. The Morgan fingerprint density at radius 3 is 2.07 bits per heavy atom. The van der Waals surface area contributed by atoms with E-state index in [1.165, 1.54) is 24.8 Å². The van der Waals surface area contributed by atoms with E-state index in [0.717, 1.165) is 51.4 Å². The Bertz CT molecular complexity index is 1210. The molecular formula is C38H58O6. The van der Waals surface area contributed by atoms with Gasteiger partial charge in [-0.05, 0) is 136 Å². The molecule has 1 unspecified atom stereocenters. The first kappa shape index (κ1) is 32.1. The van der Waals surface area contributed by atoms with E-state index in [1.54, 1.807) is 0 Å². The number of fused-ring (bicyclic) bond motifs is 7. The summed E-state index contributed by atoms with van der Waals surface area (Å²) >= 11 is 0. The number of aliphatic carboxylic acids is 2. The summed E-state index contributed by atoms with van der Waals surface area (Å²) in [6.07, 6.45) is 12.0. The lowest BCUT2D eigenvalue weighted by atomic mass is 9.33. The highest BCUT2D eigenvalue weighted by molar-refractivity contribution is 5.75. The molecule has 6 nitrogen and oxygen atoms in total. The van der Waals surface area contributed by atoms with Gasteiger partial charge in [0.25, 0.3) is 0 Å². The Morgan fingerprint density at radius 2 is 1.41 bits per heavy atom. The van der Waals surface area contributed by atoms with Gasteiger partial charge < -0.3 is 14.9 Å². The van der Waals surface area contributed by atoms with Crippen LogP contribution in [0.5, 0.6) is 0 Å². The van der Waals surface area contributed by atoms with Crippen LogP contribution in [-0.2, 0) is 19.1 Å². The maximum Gasteiger partial charge on any atom is 0.309 e. The first-order chi connectivity index (χ1) is 20.6. The van der Waals surface area contributed by atoms with Crippen LogP contribution in [0, 0.1) is 74.9 Å². The minimum Gasteiger partial charge on any atom is -0.481 e. The Labute approximate surface area is 265 Å². The Kier molecular flexibility index (Phi) is 7.93. The molecule has 6 rings (SSSR count). The molecule has 0 aromatic heterocycles. The van der Waals surface area contributed by atoms with Crippen molar-refractivity contribution in [2.24, 2.45) is 74.9 Å². The molecule has 2 N–H and O–H groups in total. The van der Waals surface area contributed by atoms with Gasteiger partial charge in [0.1, 0.15) is 6.10 Å². The predicted octanol–water partition coefficient (Wildman–Crippen LogP) is 8.39. The highest BCUT2D eigenvalue weighted by Crippen LogP contribution is 2.76. The number of carbonyl (C=O) groups excluding carboxylic acids is 1. The normalized spacial score (nSPS) is 49.4. The maximum atomic E-state index is 13.4. The van der Waals surface area contributed by atoms with Crippen molar-refractivity contribution < 1.29 is 29.3 Å². The first-order valence-corrected chi connectivity index (χ1v) is 17.9. The van der Waals surface area contributed by atoms with E-state index in [9.17, 15) is 24.6 Å². The minimum absolute atomic E-state index is 0.132. The van der Waals surface area contributed by atoms with Crippen molar-refractivity contribution in [3.8, 4) is 0 Å². The summed E-state index contributed by atoms with van der Waals surface area (Å²) in [6, 6.07) is 0. The van der Waals surface area contributed by atoms with E-state index >= 15 is 0 Å². The monoisotopic (exact) mass is 610 g/mol. The molecule has 0 aromatic carbocycles. The average molecular weight is 611 g/mol. The Hall–Kier alpha value is -1.85. The minimum atomic E-state index is -0.789. The van der Waals surface area contributed by atoms with E-state index in [4.69, 9.17) is 4.74 Å². The van der Waals surface area contributed by atoms with Gasteiger partial charge in [-0.3, -0.25) is 14.4 Å². The maximum absolute atomic E-state index is 13.4. The molecule has 0 radical (unpaired) electrons. The predicted molar refractivity (Wildman–Crippen MR) is 169 cm³/mol. The zero-order valence-corrected chi connectivity index (χ0v) is 28.2. The Morgan fingerprint density at radius 1 is 0.727 bits per heavy atom. The summed E-state index contributed by atoms with van der Waals surface area (Å²) < 4.78 is 6.36.